The minimum absolute atomic E-state index is 0. The summed E-state index contributed by atoms with van der Waals surface area (Å²) < 4.78 is 5.66. The second kappa shape index (κ2) is 12.6. The van der Waals surface area contributed by atoms with Crippen LogP contribution in [0.15, 0.2) is 59.6 Å². The molecule has 6 heteroatoms. The zero-order valence-corrected chi connectivity index (χ0v) is 21.5. The monoisotopic (exact) mass is 548 g/mol. The number of nitrogens with zero attached hydrogens (tertiary/aromatic N) is 2. The van der Waals surface area contributed by atoms with Crippen molar-refractivity contribution < 1.29 is 4.74 Å². The standard InChI is InChI=1S/C26H36N4O.HI/c1-27-25(28-19-22-9-11-23(12-10-22)20-30-15-5-6-16-30)29-21-26(13-17-31-18-14-26)24-7-3-2-4-8-24;/h2-4,7-12H,5-6,13-21H2,1H3,(H2,27,28,29);1H. The van der Waals surface area contributed by atoms with Gasteiger partial charge in [-0.1, -0.05) is 54.6 Å². The van der Waals surface area contributed by atoms with Crippen molar-refractivity contribution in [3.8, 4) is 0 Å². The highest BCUT2D eigenvalue weighted by molar-refractivity contribution is 14.0. The molecule has 2 aliphatic heterocycles. The summed E-state index contributed by atoms with van der Waals surface area (Å²) in [7, 11) is 1.84. The van der Waals surface area contributed by atoms with Crippen molar-refractivity contribution in [2.75, 3.05) is 39.9 Å². The second-order valence-corrected chi connectivity index (χ2v) is 8.84. The summed E-state index contributed by atoms with van der Waals surface area (Å²) in [6.45, 7) is 6.80. The van der Waals surface area contributed by atoms with Crippen molar-refractivity contribution in [3.05, 3.63) is 71.3 Å². The summed E-state index contributed by atoms with van der Waals surface area (Å²) in [5.74, 6) is 0.850. The van der Waals surface area contributed by atoms with Gasteiger partial charge in [-0.05, 0) is 55.5 Å². The summed E-state index contributed by atoms with van der Waals surface area (Å²) in [6, 6.07) is 19.8. The van der Waals surface area contributed by atoms with Crippen LogP contribution in [0.2, 0.25) is 0 Å². The van der Waals surface area contributed by atoms with Crippen LogP contribution in [0.4, 0.5) is 0 Å². The number of hydrogen-bond donors (Lipinski definition) is 2. The normalized spacial score (nSPS) is 18.7. The van der Waals surface area contributed by atoms with Gasteiger partial charge in [-0.15, -0.1) is 24.0 Å². The van der Waals surface area contributed by atoms with Crippen molar-refractivity contribution in [2.24, 2.45) is 4.99 Å². The third-order valence-corrected chi connectivity index (χ3v) is 6.74. The number of nitrogens with one attached hydrogen (secondary N) is 2. The maximum atomic E-state index is 5.66. The predicted octanol–water partition coefficient (Wildman–Crippen LogP) is 4.31. The van der Waals surface area contributed by atoms with E-state index >= 15 is 0 Å². The van der Waals surface area contributed by atoms with Gasteiger partial charge < -0.3 is 15.4 Å². The Balaban J connectivity index is 0.00000289. The fourth-order valence-corrected chi connectivity index (χ4v) is 4.74. The fraction of sp³-hybridized carbons (Fsp3) is 0.500. The largest absolute Gasteiger partial charge is 0.381 e. The summed E-state index contributed by atoms with van der Waals surface area (Å²) >= 11 is 0. The highest BCUT2D eigenvalue weighted by atomic mass is 127. The Bertz CT molecular complexity index is 829. The van der Waals surface area contributed by atoms with E-state index in [0.717, 1.165) is 51.6 Å². The number of likely N-dealkylation sites (tertiary alicyclic amines) is 1. The Morgan fingerprint density at radius 1 is 0.938 bits per heavy atom. The van der Waals surface area contributed by atoms with Crippen LogP contribution in [0.25, 0.3) is 0 Å². The minimum atomic E-state index is 0. The topological polar surface area (TPSA) is 48.9 Å². The molecule has 0 bridgehead atoms. The molecule has 0 spiro atoms. The smallest absolute Gasteiger partial charge is 0.191 e. The van der Waals surface area contributed by atoms with Gasteiger partial charge in [0.1, 0.15) is 0 Å². The number of ether oxygens (including phenoxy) is 1. The first kappa shape index (κ1) is 25.0. The predicted molar refractivity (Wildman–Crippen MR) is 143 cm³/mol. The van der Waals surface area contributed by atoms with Crippen LogP contribution in [-0.2, 0) is 23.2 Å². The number of rotatable bonds is 7. The first-order valence-corrected chi connectivity index (χ1v) is 11.7. The van der Waals surface area contributed by atoms with Crippen molar-refractivity contribution in [3.63, 3.8) is 0 Å². The molecule has 2 heterocycles. The first-order valence-electron chi connectivity index (χ1n) is 11.7. The molecule has 2 N–H and O–H groups in total. The summed E-state index contributed by atoms with van der Waals surface area (Å²) in [5.41, 5.74) is 4.15. The number of hydrogen-bond acceptors (Lipinski definition) is 3. The zero-order chi connectivity index (χ0) is 21.4. The maximum absolute atomic E-state index is 5.66. The van der Waals surface area contributed by atoms with E-state index in [9.17, 15) is 0 Å². The van der Waals surface area contributed by atoms with Gasteiger partial charge in [-0.25, -0.2) is 0 Å². The molecule has 0 radical (unpaired) electrons. The Hall–Kier alpha value is -1.64. The van der Waals surface area contributed by atoms with Crippen molar-refractivity contribution in [2.45, 2.75) is 44.2 Å². The van der Waals surface area contributed by atoms with Gasteiger partial charge in [0.2, 0.25) is 0 Å². The van der Waals surface area contributed by atoms with Crippen LogP contribution in [-0.4, -0.2) is 50.8 Å². The SMILES string of the molecule is CN=C(NCc1ccc(CN2CCCC2)cc1)NCC1(c2ccccc2)CCOCC1.I. The average Bonchev–Trinajstić information content (AvgIpc) is 3.34. The van der Waals surface area contributed by atoms with Gasteiger partial charge in [-0.3, -0.25) is 9.89 Å². The third kappa shape index (κ3) is 6.68. The van der Waals surface area contributed by atoms with Crippen molar-refractivity contribution in [1.82, 2.24) is 15.5 Å². The Labute approximate surface area is 210 Å². The minimum Gasteiger partial charge on any atom is -0.381 e. The average molecular weight is 549 g/mol. The number of aliphatic imine (C=N–C) groups is 1. The quantitative estimate of drug-likeness (QED) is 0.308. The molecule has 0 aliphatic carbocycles. The van der Waals surface area contributed by atoms with Crippen LogP contribution in [0.5, 0.6) is 0 Å². The number of benzene rings is 2. The molecular weight excluding hydrogens is 511 g/mol. The lowest BCUT2D eigenvalue weighted by Crippen LogP contribution is -2.47. The molecule has 2 aromatic rings. The highest BCUT2D eigenvalue weighted by Crippen LogP contribution is 2.34. The molecule has 2 fully saturated rings. The van der Waals surface area contributed by atoms with E-state index in [4.69, 9.17) is 4.74 Å². The van der Waals surface area contributed by atoms with Crippen LogP contribution in [0.3, 0.4) is 0 Å². The fourth-order valence-electron chi connectivity index (χ4n) is 4.74. The van der Waals surface area contributed by atoms with E-state index in [2.05, 4.69) is 75.1 Å². The van der Waals surface area contributed by atoms with Crippen LogP contribution in [0, 0.1) is 0 Å². The summed E-state index contributed by atoms with van der Waals surface area (Å²) in [5, 5.41) is 7.07. The summed E-state index contributed by atoms with van der Waals surface area (Å²) in [6.07, 6.45) is 4.73. The molecule has 2 saturated heterocycles. The van der Waals surface area contributed by atoms with Crippen LogP contribution >= 0.6 is 24.0 Å². The Morgan fingerprint density at radius 2 is 1.59 bits per heavy atom. The molecule has 0 amide bonds. The van der Waals surface area contributed by atoms with Gasteiger partial charge >= 0.3 is 0 Å². The molecule has 2 aliphatic rings. The molecule has 5 nitrogen and oxygen atoms in total. The van der Waals surface area contributed by atoms with Gasteiger partial charge in [0.05, 0.1) is 0 Å². The molecule has 4 rings (SSSR count). The lowest BCUT2D eigenvalue weighted by atomic mass is 9.74. The molecule has 174 valence electrons. The van der Waals surface area contributed by atoms with Gasteiger partial charge in [-0.2, -0.15) is 0 Å². The maximum Gasteiger partial charge on any atom is 0.191 e. The van der Waals surface area contributed by atoms with Crippen molar-refractivity contribution in [1.29, 1.82) is 0 Å². The molecule has 0 unspecified atom stereocenters. The molecule has 2 aromatic carbocycles. The van der Waals surface area contributed by atoms with Crippen molar-refractivity contribution >= 4 is 29.9 Å². The molecule has 0 atom stereocenters. The molecular formula is C26H37IN4O. The van der Waals surface area contributed by atoms with Gasteiger partial charge in [0.25, 0.3) is 0 Å². The second-order valence-electron chi connectivity index (χ2n) is 8.84. The van der Waals surface area contributed by atoms with Crippen LogP contribution in [0.1, 0.15) is 42.4 Å². The Morgan fingerprint density at radius 3 is 2.25 bits per heavy atom. The van der Waals surface area contributed by atoms with E-state index in [1.54, 1.807) is 0 Å². The first-order chi connectivity index (χ1) is 15.3. The zero-order valence-electron chi connectivity index (χ0n) is 19.2. The number of halogens is 1. The summed E-state index contributed by atoms with van der Waals surface area (Å²) in [4.78, 5) is 6.99. The van der Waals surface area contributed by atoms with E-state index in [0.29, 0.717) is 0 Å². The lowest BCUT2D eigenvalue weighted by molar-refractivity contribution is 0.0514. The lowest BCUT2D eigenvalue weighted by Gasteiger charge is -2.38. The van der Waals surface area contributed by atoms with E-state index in [-0.39, 0.29) is 29.4 Å². The van der Waals surface area contributed by atoms with Crippen LogP contribution < -0.4 is 10.6 Å². The van der Waals surface area contributed by atoms with E-state index < -0.39 is 0 Å². The number of guanidine groups is 1. The Kier molecular flexibility index (Phi) is 9.81. The molecule has 0 aromatic heterocycles. The third-order valence-electron chi connectivity index (χ3n) is 6.74. The molecule has 32 heavy (non-hydrogen) atoms. The van der Waals surface area contributed by atoms with E-state index in [1.165, 1.54) is 42.6 Å². The van der Waals surface area contributed by atoms with E-state index in [1.807, 2.05) is 7.05 Å². The molecule has 0 saturated carbocycles. The van der Waals surface area contributed by atoms with Gasteiger partial charge in [0.15, 0.2) is 5.96 Å². The highest BCUT2D eigenvalue weighted by Gasteiger charge is 2.34. The van der Waals surface area contributed by atoms with Gasteiger partial charge in [0, 0.05) is 45.3 Å².